The Bertz CT molecular complexity index is 144. The van der Waals surface area contributed by atoms with E-state index in [0.717, 1.165) is 17.8 Å². The third-order valence-electron chi connectivity index (χ3n) is 3.81. The lowest BCUT2D eigenvalue weighted by Gasteiger charge is -2.33. The van der Waals surface area contributed by atoms with E-state index in [0.29, 0.717) is 5.41 Å². The summed E-state index contributed by atoms with van der Waals surface area (Å²) in [4.78, 5) is 0. The van der Waals surface area contributed by atoms with Crippen LogP contribution in [0.15, 0.2) is 0 Å². The molecular formula is C12H24. The third kappa shape index (κ3) is 1.67. The lowest BCUT2D eigenvalue weighted by molar-refractivity contribution is 0.154. The normalized spacial score (nSPS) is 34.5. The summed E-state index contributed by atoms with van der Waals surface area (Å²) < 4.78 is 0. The molecule has 0 bridgehead atoms. The van der Waals surface area contributed by atoms with Crippen LogP contribution in [-0.2, 0) is 0 Å². The molecule has 0 spiro atoms. The third-order valence-corrected chi connectivity index (χ3v) is 3.81. The van der Waals surface area contributed by atoms with Gasteiger partial charge >= 0.3 is 0 Å². The molecule has 1 fully saturated rings. The summed E-state index contributed by atoms with van der Waals surface area (Å²) in [7, 11) is 0. The summed E-state index contributed by atoms with van der Waals surface area (Å²) >= 11 is 0. The topological polar surface area (TPSA) is 0 Å². The van der Waals surface area contributed by atoms with E-state index < -0.39 is 0 Å². The Labute approximate surface area is 77.7 Å². The zero-order valence-corrected chi connectivity index (χ0v) is 9.35. The molecular weight excluding hydrogens is 144 g/mol. The zero-order chi connectivity index (χ0) is 9.35. The van der Waals surface area contributed by atoms with Crippen LogP contribution in [0.3, 0.4) is 0 Å². The van der Waals surface area contributed by atoms with Crippen LogP contribution >= 0.6 is 0 Å². The van der Waals surface area contributed by atoms with Crippen LogP contribution in [0.25, 0.3) is 0 Å². The number of rotatable bonds is 2. The Hall–Kier alpha value is 0. The molecule has 0 nitrogen and oxygen atoms in total. The summed E-state index contributed by atoms with van der Waals surface area (Å²) in [6.45, 7) is 12.0. The maximum Gasteiger partial charge on any atom is -0.0311 e. The van der Waals surface area contributed by atoms with Crippen molar-refractivity contribution in [3.8, 4) is 0 Å². The molecule has 0 amide bonds. The summed E-state index contributed by atoms with van der Waals surface area (Å²) in [5, 5.41) is 0. The van der Waals surface area contributed by atoms with Crippen LogP contribution < -0.4 is 0 Å². The molecule has 72 valence electrons. The zero-order valence-electron chi connectivity index (χ0n) is 9.35. The van der Waals surface area contributed by atoms with Crippen molar-refractivity contribution >= 4 is 0 Å². The van der Waals surface area contributed by atoms with Crippen molar-refractivity contribution in [2.24, 2.45) is 23.2 Å². The second kappa shape index (κ2) is 3.40. The van der Waals surface area contributed by atoms with Crippen molar-refractivity contribution in [1.82, 2.24) is 0 Å². The first-order valence-electron chi connectivity index (χ1n) is 5.49. The Kier molecular flexibility index (Phi) is 2.85. The van der Waals surface area contributed by atoms with Gasteiger partial charge in [-0.25, -0.2) is 0 Å². The monoisotopic (exact) mass is 168 g/mol. The van der Waals surface area contributed by atoms with E-state index in [4.69, 9.17) is 0 Å². The van der Waals surface area contributed by atoms with E-state index in [1.54, 1.807) is 0 Å². The molecule has 0 radical (unpaired) electrons. The van der Waals surface area contributed by atoms with Crippen LogP contribution in [0.5, 0.6) is 0 Å². The van der Waals surface area contributed by atoms with E-state index in [1.165, 1.54) is 19.3 Å². The van der Waals surface area contributed by atoms with Gasteiger partial charge in [0.05, 0.1) is 0 Å². The molecule has 0 aromatic rings. The summed E-state index contributed by atoms with van der Waals surface area (Å²) in [6, 6.07) is 0. The average Bonchev–Trinajstić information content (AvgIpc) is 2.24. The molecule has 1 saturated carbocycles. The molecule has 0 aromatic heterocycles. The lowest BCUT2D eigenvalue weighted by Crippen LogP contribution is -2.26. The Balaban J connectivity index is 2.73. The standard InChI is InChI=1S/C12H24/c1-6-10-7-8-12(4,5)11(10)9(2)3/h9-11H,6-8H2,1-5H3/t10-,11-/m0/s1. The van der Waals surface area contributed by atoms with Crippen molar-refractivity contribution in [3.05, 3.63) is 0 Å². The largest absolute Gasteiger partial charge is 0.0651 e. The van der Waals surface area contributed by atoms with Gasteiger partial charge in [0, 0.05) is 0 Å². The molecule has 0 aromatic carbocycles. The van der Waals surface area contributed by atoms with Crippen molar-refractivity contribution in [3.63, 3.8) is 0 Å². The van der Waals surface area contributed by atoms with Crippen LogP contribution in [0.4, 0.5) is 0 Å². The highest BCUT2D eigenvalue weighted by Gasteiger charge is 2.42. The quantitative estimate of drug-likeness (QED) is 0.582. The molecule has 1 aliphatic carbocycles. The fourth-order valence-corrected chi connectivity index (χ4v) is 3.45. The van der Waals surface area contributed by atoms with Crippen LogP contribution in [0.1, 0.15) is 53.9 Å². The van der Waals surface area contributed by atoms with Gasteiger partial charge in [-0.15, -0.1) is 0 Å². The summed E-state index contributed by atoms with van der Waals surface area (Å²) in [6.07, 6.45) is 4.28. The molecule has 0 N–H and O–H groups in total. The molecule has 0 unspecified atom stereocenters. The first-order valence-corrected chi connectivity index (χ1v) is 5.49. The maximum atomic E-state index is 2.45. The van der Waals surface area contributed by atoms with Gasteiger partial charge in [-0.05, 0) is 36.0 Å². The van der Waals surface area contributed by atoms with Gasteiger partial charge in [-0.1, -0.05) is 41.0 Å². The highest BCUT2D eigenvalue weighted by atomic mass is 14.5. The van der Waals surface area contributed by atoms with E-state index in [9.17, 15) is 0 Å². The predicted octanol–water partition coefficient (Wildman–Crippen LogP) is 4.10. The second-order valence-corrected chi connectivity index (χ2v) is 5.47. The van der Waals surface area contributed by atoms with E-state index in [2.05, 4.69) is 34.6 Å². The van der Waals surface area contributed by atoms with Crippen molar-refractivity contribution < 1.29 is 0 Å². The number of hydrogen-bond acceptors (Lipinski definition) is 0. The molecule has 0 heterocycles. The van der Waals surface area contributed by atoms with Gasteiger partial charge in [0.25, 0.3) is 0 Å². The maximum absolute atomic E-state index is 2.45. The van der Waals surface area contributed by atoms with Gasteiger partial charge in [-0.2, -0.15) is 0 Å². The minimum Gasteiger partial charge on any atom is -0.0651 e. The van der Waals surface area contributed by atoms with E-state index in [1.807, 2.05) is 0 Å². The fourth-order valence-electron chi connectivity index (χ4n) is 3.45. The van der Waals surface area contributed by atoms with Crippen LogP contribution in [-0.4, -0.2) is 0 Å². The van der Waals surface area contributed by atoms with E-state index >= 15 is 0 Å². The van der Waals surface area contributed by atoms with Gasteiger partial charge in [-0.3, -0.25) is 0 Å². The predicted molar refractivity (Wildman–Crippen MR) is 55.1 cm³/mol. The van der Waals surface area contributed by atoms with Crippen molar-refractivity contribution in [1.29, 1.82) is 0 Å². The highest BCUT2D eigenvalue weighted by molar-refractivity contribution is 4.91. The molecule has 2 atom stereocenters. The smallest absolute Gasteiger partial charge is 0.0311 e. The van der Waals surface area contributed by atoms with Gasteiger partial charge in [0.1, 0.15) is 0 Å². The van der Waals surface area contributed by atoms with E-state index in [-0.39, 0.29) is 0 Å². The van der Waals surface area contributed by atoms with Crippen molar-refractivity contribution in [2.45, 2.75) is 53.9 Å². The van der Waals surface area contributed by atoms with Crippen molar-refractivity contribution in [2.75, 3.05) is 0 Å². The highest BCUT2D eigenvalue weighted by Crippen LogP contribution is 2.50. The SMILES string of the molecule is CC[C@H]1CCC(C)(C)[C@H]1C(C)C. The van der Waals surface area contributed by atoms with Gasteiger partial charge in [0.15, 0.2) is 0 Å². The van der Waals surface area contributed by atoms with Crippen LogP contribution in [0.2, 0.25) is 0 Å². The molecule has 0 aliphatic heterocycles. The lowest BCUT2D eigenvalue weighted by atomic mass is 9.72. The first kappa shape index (κ1) is 10.1. The molecule has 12 heavy (non-hydrogen) atoms. The second-order valence-electron chi connectivity index (χ2n) is 5.47. The number of hydrogen-bond donors (Lipinski definition) is 0. The van der Waals surface area contributed by atoms with Crippen LogP contribution in [0, 0.1) is 23.2 Å². The molecule has 0 heteroatoms. The molecule has 0 saturated heterocycles. The fraction of sp³-hybridized carbons (Fsp3) is 1.00. The van der Waals surface area contributed by atoms with Gasteiger partial charge < -0.3 is 0 Å². The Morgan fingerprint density at radius 1 is 1.33 bits per heavy atom. The summed E-state index contributed by atoms with van der Waals surface area (Å²) in [5.74, 6) is 2.83. The van der Waals surface area contributed by atoms with Gasteiger partial charge in [0.2, 0.25) is 0 Å². The Morgan fingerprint density at radius 3 is 2.25 bits per heavy atom. The summed E-state index contributed by atoms with van der Waals surface area (Å²) in [5.41, 5.74) is 0.606. The molecule has 1 aliphatic rings. The molecule has 1 rings (SSSR count). The minimum absolute atomic E-state index is 0.606. The minimum atomic E-state index is 0.606. The first-order chi connectivity index (χ1) is 5.49. The Morgan fingerprint density at radius 2 is 1.92 bits per heavy atom. The average molecular weight is 168 g/mol.